The topological polar surface area (TPSA) is 55.8 Å². The van der Waals surface area contributed by atoms with Crippen molar-refractivity contribution in [2.24, 2.45) is 0 Å². The number of carboxylic acid groups (broad SMARTS) is 1. The molecule has 0 fully saturated rings. The first-order valence-electron chi connectivity index (χ1n) is 5.68. The van der Waals surface area contributed by atoms with E-state index in [1.54, 1.807) is 0 Å². The van der Waals surface area contributed by atoms with Crippen LogP contribution in [0.5, 0.6) is 0 Å². The maximum atomic E-state index is 10.4. The smallest absolute Gasteiger partial charge is 0.450 e. The van der Waals surface area contributed by atoms with E-state index in [1.165, 1.54) is 0 Å². The lowest BCUT2D eigenvalue weighted by Crippen LogP contribution is -2.23. The van der Waals surface area contributed by atoms with Gasteiger partial charge < -0.3 is 14.6 Å². The van der Waals surface area contributed by atoms with E-state index < -0.39 is 6.16 Å². The minimum Gasteiger partial charge on any atom is -0.450 e. The molecule has 1 unspecified atom stereocenters. The minimum atomic E-state index is -1.21. The molecule has 0 spiro atoms. The first kappa shape index (κ1) is 14.2. The van der Waals surface area contributed by atoms with E-state index in [1.807, 2.05) is 0 Å². The zero-order valence-corrected chi connectivity index (χ0v) is 9.70. The highest BCUT2D eigenvalue weighted by atomic mass is 16.7. The molecule has 0 saturated carbocycles. The fourth-order valence-corrected chi connectivity index (χ4v) is 1.21. The maximum Gasteiger partial charge on any atom is 0.506 e. The van der Waals surface area contributed by atoms with Gasteiger partial charge in [-0.3, -0.25) is 0 Å². The molecule has 1 N–H and O–H groups in total. The first-order valence-corrected chi connectivity index (χ1v) is 5.68. The lowest BCUT2D eigenvalue weighted by atomic mass is 10.2. The normalized spacial score (nSPS) is 12.4. The SMILES string of the molecule is CCCCOCC(CCCC)OC(=O)O. The van der Waals surface area contributed by atoms with E-state index in [0.717, 1.165) is 32.1 Å². The Morgan fingerprint density at radius 2 is 1.93 bits per heavy atom. The fraction of sp³-hybridized carbons (Fsp3) is 0.909. The number of ether oxygens (including phenoxy) is 2. The van der Waals surface area contributed by atoms with Gasteiger partial charge in [0.25, 0.3) is 0 Å². The van der Waals surface area contributed by atoms with Gasteiger partial charge >= 0.3 is 6.16 Å². The predicted octanol–water partition coefficient (Wildman–Crippen LogP) is 3.06. The summed E-state index contributed by atoms with van der Waals surface area (Å²) in [5.41, 5.74) is 0. The molecular weight excluding hydrogens is 196 g/mol. The molecule has 15 heavy (non-hydrogen) atoms. The molecule has 4 heteroatoms. The molecule has 1 atom stereocenters. The summed E-state index contributed by atoms with van der Waals surface area (Å²) >= 11 is 0. The lowest BCUT2D eigenvalue weighted by Gasteiger charge is -2.15. The molecule has 0 aromatic rings. The molecule has 0 aromatic carbocycles. The Hall–Kier alpha value is -0.770. The van der Waals surface area contributed by atoms with Crippen LogP contribution >= 0.6 is 0 Å². The van der Waals surface area contributed by atoms with Crippen molar-refractivity contribution < 1.29 is 19.4 Å². The summed E-state index contributed by atoms with van der Waals surface area (Å²) in [6.07, 6.45) is 3.32. The fourth-order valence-electron chi connectivity index (χ4n) is 1.21. The highest BCUT2D eigenvalue weighted by Gasteiger charge is 2.12. The molecule has 0 aliphatic heterocycles. The van der Waals surface area contributed by atoms with Crippen molar-refractivity contribution in [3.63, 3.8) is 0 Å². The third-order valence-corrected chi connectivity index (χ3v) is 2.09. The molecule has 0 rings (SSSR count). The van der Waals surface area contributed by atoms with Crippen molar-refractivity contribution in [1.29, 1.82) is 0 Å². The van der Waals surface area contributed by atoms with E-state index in [0.29, 0.717) is 13.2 Å². The quantitative estimate of drug-likeness (QED) is 0.477. The highest BCUT2D eigenvalue weighted by Crippen LogP contribution is 2.06. The Morgan fingerprint density at radius 3 is 2.47 bits per heavy atom. The van der Waals surface area contributed by atoms with Crippen LogP contribution in [0.1, 0.15) is 46.0 Å². The Bertz CT molecular complexity index is 159. The molecule has 0 heterocycles. The largest absolute Gasteiger partial charge is 0.506 e. The van der Waals surface area contributed by atoms with Crippen molar-refractivity contribution >= 4 is 6.16 Å². The molecule has 90 valence electrons. The van der Waals surface area contributed by atoms with Crippen LogP contribution in [0, 0.1) is 0 Å². The first-order chi connectivity index (χ1) is 7.20. The van der Waals surface area contributed by atoms with Gasteiger partial charge in [0.15, 0.2) is 0 Å². The molecule has 0 aliphatic carbocycles. The van der Waals surface area contributed by atoms with Gasteiger partial charge in [0.1, 0.15) is 6.10 Å². The van der Waals surface area contributed by atoms with Gasteiger partial charge in [0, 0.05) is 6.61 Å². The molecular formula is C11H22O4. The molecule has 0 radical (unpaired) electrons. The average Bonchev–Trinajstić information content (AvgIpc) is 2.19. The van der Waals surface area contributed by atoms with Gasteiger partial charge in [-0.2, -0.15) is 0 Å². The van der Waals surface area contributed by atoms with Crippen molar-refractivity contribution in [3.8, 4) is 0 Å². The zero-order chi connectivity index (χ0) is 11.5. The van der Waals surface area contributed by atoms with Crippen molar-refractivity contribution in [2.75, 3.05) is 13.2 Å². The van der Waals surface area contributed by atoms with Crippen LogP contribution in [0.3, 0.4) is 0 Å². The van der Waals surface area contributed by atoms with Gasteiger partial charge in [0.05, 0.1) is 6.61 Å². The zero-order valence-electron chi connectivity index (χ0n) is 9.70. The average molecular weight is 218 g/mol. The summed E-state index contributed by atoms with van der Waals surface area (Å²) in [5.74, 6) is 0. The number of carbonyl (C=O) groups is 1. The maximum absolute atomic E-state index is 10.4. The van der Waals surface area contributed by atoms with E-state index in [2.05, 4.69) is 13.8 Å². The van der Waals surface area contributed by atoms with Crippen LogP contribution in [0.2, 0.25) is 0 Å². The van der Waals surface area contributed by atoms with Crippen molar-refractivity contribution in [2.45, 2.75) is 52.1 Å². The molecule has 0 amide bonds. The number of rotatable bonds is 9. The summed E-state index contributed by atoms with van der Waals surface area (Å²) in [6, 6.07) is 0. The minimum absolute atomic E-state index is 0.306. The van der Waals surface area contributed by atoms with Gasteiger partial charge in [-0.05, 0) is 19.3 Å². The summed E-state index contributed by atoms with van der Waals surface area (Å²) in [6.45, 7) is 5.22. The van der Waals surface area contributed by atoms with Crippen LogP contribution in [0.25, 0.3) is 0 Å². The lowest BCUT2D eigenvalue weighted by molar-refractivity contribution is -0.00637. The van der Waals surface area contributed by atoms with E-state index in [4.69, 9.17) is 14.6 Å². The second-order valence-electron chi connectivity index (χ2n) is 3.58. The monoisotopic (exact) mass is 218 g/mol. The van der Waals surface area contributed by atoms with Crippen LogP contribution in [-0.2, 0) is 9.47 Å². The summed E-state index contributed by atoms with van der Waals surface area (Å²) in [7, 11) is 0. The van der Waals surface area contributed by atoms with Gasteiger partial charge in [-0.25, -0.2) is 4.79 Å². The van der Waals surface area contributed by atoms with Crippen LogP contribution < -0.4 is 0 Å². The Morgan fingerprint density at radius 1 is 1.27 bits per heavy atom. The summed E-state index contributed by atoms with van der Waals surface area (Å²) in [4.78, 5) is 10.4. The third kappa shape index (κ3) is 9.53. The van der Waals surface area contributed by atoms with E-state index in [-0.39, 0.29) is 6.10 Å². The predicted molar refractivity (Wildman–Crippen MR) is 58.1 cm³/mol. The number of hydrogen-bond donors (Lipinski definition) is 1. The molecule has 0 aromatic heterocycles. The van der Waals surface area contributed by atoms with Gasteiger partial charge in [-0.1, -0.05) is 26.7 Å². The number of hydrogen-bond acceptors (Lipinski definition) is 3. The van der Waals surface area contributed by atoms with E-state index >= 15 is 0 Å². The molecule has 4 nitrogen and oxygen atoms in total. The van der Waals surface area contributed by atoms with Crippen LogP contribution in [0.4, 0.5) is 4.79 Å². The standard InChI is InChI=1S/C11H22O4/c1-3-5-7-10(15-11(12)13)9-14-8-6-4-2/h10H,3-9H2,1-2H3,(H,12,13). The van der Waals surface area contributed by atoms with Crippen molar-refractivity contribution in [3.05, 3.63) is 0 Å². The second kappa shape index (κ2) is 9.77. The second-order valence-corrected chi connectivity index (χ2v) is 3.58. The molecule has 0 aliphatic rings. The van der Waals surface area contributed by atoms with Gasteiger partial charge in [0.2, 0.25) is 0 Å². The van der Waals surface area contributed by atoms with Crippen LogP contribution in [0.15, 0.2) is 0 Å². The van der Waals surface area contributed by atoms with Crippen LogP contribution in [-0.4, -0.2) is 30.6 Å². The summed E-state index contributed by atoms with van der Waals surface area (Å²) in [5, 5.41) is 8.51. The summed E-state index contributed by atoms with van der Waals surface area (Å²) < 4.78 is 10.1. The Balaban J connectivity index is 3.64. The molecule has 0 bridgehead atoms. The third-order valence-electron chi connectivity index (χ3n) is 2.09. The highest BCUT2D eigenvalue weighted by molar-refractivity contribution is 5.57. The van der Waals surface area contributed by atoms with E-state index in [9.17, 15) is 4.79 Å². The van der Waals surface area contributed by atoms with Crippen molar-refractivity contribution in [1.82, 2.24) is 0 Å². The Labute approximate surface area is 91.6 Å². The molecule has 0 saturated heterocycles. The Kier molecular flexibility index (Phi) is 9.27. The van der Waals surface area contributed by atoms with Gasteiger partial charge in [-0.15, -0.1) is 0 Å². The number of unbranched alkanes of at least 4 members (excludes halogenated alkanes) is 2.